The predicted molar refractivity (Wildman–Crippen MR) is 154 cm³/mol. The van der Waals surface area contributed by atoms with Gasteiger partial charge in [0.1, 0.15) is 0 Å². The first-order valence-corrected chi connectivity index (χ1v) is 14.1. The lowest BCUT2D eigenvalue weighted by Gasteiger charge is -2.40. The highest BCUT2D eigenvalue weighted by Crippen LogP contribution is 2.39. The largest absolute Gasteiger partial charge is 0.372 e. The van der Waals surface area contributed by atoms with E-state index in [1.165, 1.54) is 49.7 Å². The molecule has 0 saturated carbocycles. The van der Waals surface area contributed by atoms with Gasteiger partial charge in [-0.2, -0.15) is 0 Å². The molecule has 0 radical (unpaired) electrons. The summed E-state index contributed by atoms with van der Waals surface area (Å²) in [4.78, 5) is 0. The maximum atomic E-state index is 7.42. The van der Waals surface area contributed by atoms with Gasteiger partial charge in [-0.05, 0) is 35.8 Å². The maximum absolute atomic E-state index is 7.42. The Morgan fingerprint density at radius 1 is 0.629 bits per heavy atom. The van der Waals surface area contributed by atoms with Gasteiger partial charge in [-0.3, -0.25) is 0 Å². The molecule has 35 heavy (non-hydrogen) atoms. The van der Waals surface area contributed by atoms with Crippen LogP contribution in [-0.2, 0) is 4.74 Å². The molecule has 192 valence electrons. The van der Waals surface area contributed by atoms with E-state index in [-0.39, 0.29) is 24.0 Å². The van der Waals surface area contributed by atoms with Gasteiger partial charge in [-0.15, -0.1) is 13.2 Å². The highest BCUT2D eigenvalue weighted by atomic mass is 16.5. The second kappa shape index (κ2) is 16.5. The van der Waals surface area contributed by atoms with Gasteiger partial charge in [0.05, 0.1) is 12.2 Å². The summed E-state index contributed by atoms with van der Waals surface area (Å²) in [5.41, 5.74) is 2.61. The summed E-state index contributed by atoms with van der Waals surface area (Å²) in [7, 11) is 0. The molecule has 0 saturated heterocycles. The zero-order valence-electron chi connectivity index (χ0n) is 22.9. The Bertz CT molecular complexity index is 741. The molecule has 0 spiro atoms. The molecule has 0 N–H and O–H groups in total. The molecule has 0 aromatic heterocycles. The Kier molecular flexibility index (Phi) is 13.8. The SMILES string of the molecule is C=CC(c1ccccc1)C(OC(C(CC)CCCC)C(C=C)c1ccccc1)C(CC)CCCC. The molecule has 0 heterocycles. The molecule has 1 heteroatoms. The second-order valence-corrected chi connectivity index (χ2v) is 10.0. The number of unbranched alkanes of at least 4 members (excludes halogenated alkanes) is 2. The third kappa shape index (κ3) is 8.50. The van der Waals surface area contributed by atoms with Crippen LogP contribution in [0.3, 0.4) is 0 Å². The molecule has 0 aliphatic heterocycles. The average Bonchev–Trinajstić information content (AvgIpc) is 2.91. The normalized spacial score (nSPS) is 16.6. The van der Waals surface area contributed by atoms with Gasteiger partial charge in [0, 0.05) is 11.8 Å². The fourth-order valence-corrected chi connectivity index (χ4v) is 5.56. The van der Waals surface area contributed by atoms with Gasteiger partial charge in [-0.25, -0.2) is 0 Å². The van der Waals surface area contributed by atoms with Crippen LogP contribution in [0.2, 0.25) is 0 Å². The molecular weight excluding hydrogens is 424 g/mol. The van der Waals surface area contributed by atoms with Crippen molar-refractivity contribution in [3.63, 3.8) is 0 Å². The van der Waals surface area contributed by atoms with E-state index in [2.05, 4.69) is 114 Å². The number of rotatable bonds is 18. The van der Waals surface area contributed by atoms with Crippen molar-refractivity contribution in [2.24, 2.45) is 11.8 Å². The lowest BCUT2D eigenvalue weighted by atomic mass is 9.79. The summed E-state index contributed by atoms with van der Waals surface area (Å²) in [5.74, 6) is 1.33. The highest BCUT2D eigenvalue weighted by Gasteiger charge is 2.36. The third-order valence-electron chi connectivity index (χ3n) is 7.73. The predicted octanol–water partition coefficient (Wildman–Crippen LogP) is 10.1. The standard InChI is InChI=1S/C34H50O/c1-7-13-21-27(9-3)33(31(11-5)29-23-17-15-18-24-29)35-34(28(10-4)22-14-8-2)32(12-6)30-25-19-16-20-26-30/h11-12,15-20,23-28,31-34H,5-10,13-14,21-22H2,1-4H3. The van der Waals surface area contributed by atoms with E-state index >= 15 is 0 Å². The van der Waals surface area contributed by atoms with Crippen LogP contribution >= 0.6 is 0 Å². The number of ether oxygens (including phenoxy) is 1. The molecular formula is C34H50O. The van der Waals surface area contributed by atoms with E-state index in [0.29, 0.717) is 11.8 Å². The fourth-order valence-electron chi connectivity index (χ4n) is 5.56. The molecule has 2 rings (SSSR count). The van der Waals surface area contributed by atoms with Crippen molar-refractivity contribution >= 4 is 0 Å². The van der Waals surface area contributed by atoms with Crippen LogP contribution in [0.4, 0.5) is 0 Å². The monoisotopic (exact) mass is 474 g/mol. The Morgan fingerprint density at radius 2 is 1.00 bits per heavy atom. The van der Waals surface area contributed by atoms with Gasteiger partial charge in [-0.1, -0.05) is 139 Å². The van der Waals surface area contributed by atoms with Crippen molar-refractivity contribution in [2.75, 3.05) is 0 Å². The van der Waals surface area contributed by atoms with Crippen molar-refractivity contribution in [3.8, 4) is 0 Å². The van der Waals surface area contributed by atoms with Gasteiger partial charge >= 0.3 is 0 Å². The Balaban J connectivity index is 2.55. The summed E-state index contributed by atoms with van der Waals surface area (Å²) in [5, 5.41) is 0. The third-order valence-corrected chi connectivity index (χ3v) is 7.73. The second-order valence-electron chi connectivity index (χ2n) is 10.0. The molecule has 0 amide bonds. The van der Waals surface area contributed by atoms with Crippen molar-refractivity contribution < 1.29 is 4.74 Å². The van der Waals surface area contributed by atoms with Crippen LogP contribution in [-0.4, -0.2) is 12.2 Å². The van der Waals surface area contributed by atoms with Crippen LogP contribution in [0.15, 0.2) is 86.0 Å². The first-order chi connectivity index (χ1) is 17.1. The van der Waals surface area contributed by atoms with Crippen LogP contribution in [0.25, 0.3) is 0 Å². The van der Waals surface area contributed by atoms with E-state index in [1.807, 2.05) is 0 Å². The molecule has 6 atom stereocenters. The Morgan fingerprint density at radius 3 is 1.29 bits per heavy atom. The minimum atomic E-state index is 0.0956. The zero-order chi connectivity index (χ0) is 25.5. The lowest BCUT2D eigenvalue weighted by molar-refractivity contribution is -0.0857. The Labute approximate surface area is 216 Å². The smallest absolute Gasteiger partial charge is 0.0710 e. The molecule has 0 aliphatic carbocycles. The van der Waals surface area contributed by atoms with Crippen LogP contribution in [0.1, 0.15) is 102 Å². The Hall–Kier alpha value is -2.12. The first-order valence-electron chi connectivity index (χ1n) is 14.1. The molecule has 2 aromatic carbocycles. The molecule has 0 aliphatic rings. The van der Waals surface area contributed by atoms with Gasteiger partial charge in [0.25, 0.3) is 0 Å². The topological polar surface area (TPSA) is 9.23 Å². The number of benzene rings is 2. The first kappa shape index (κ1) is 29.1. The number of hydrogen-bond donors (Lipinski definition) is 0. The van der Waals surface area contributed by atoms with Crippen molar-refractivity contribution in [3.05, 3.63) is 97.1 Å². The van der Waals surface area contributed by atoms with Crippen molar-refractivity contribution in [1.29, 1.82) is 0 Å². The van der Waals surface area contributed by atoms with Gasteiger partial charge < -0.3 is 4.74 Å². The summed E-state index contributed by atoms with van der Waals surface area (Å²) in [6, 6.07) is 21.7. The summed E-state index contributed by atoms with van der Waals surface area (Å²) < 4.78 is 7.42. The minimum Gasteiger partial charge on any atom is -0.372 e. The summed E-state index contributed by atoms with van der Waals surface area (Å²) in [6.07, 6.45) is 14.0. The molecule has 0 bridgehead atoms. The van der Waals surface area contributed by atoms with E-state index in [4.69, 9.17) is 4.74 Å². The van der Waals surface area contributed by atoms with Gasteiger partial charge in [0.15, 0.2) is 0 Å². The zero-order valence-corrected chi connectivity index (χ0v) is 22.9. The van der Waals surface area contributed by atoms with E-state index in [0.717, 1.165) is 12.8 Å². The fraction of sp³-hybridized carbons (Fsp3) is 0.529. The number of hydrogen-bond acceptors (Lipinski definition) is 1. The van der Waals surface area contributed by atoms with Crippen molar-refractivity contribution in [1.82, 2.24) is 0 Å². The van der Waals surface area contributed by atoms with E-state index < -0.39 is 0 Å². The molecule has 0 fully saturated rings. The van der Waals surface area contributed by atoms with Crippen molar-refractivity contribution in [2.45, 2.75) is 103 Å². The summed E-state index contributed by atoms with van der Waals surface area (Å²) in [6.45, 7) is 17.8. The molecule has 1 nitrogen and oxygen atoms in total. The maximum Gasteiger partial charge on any atom is 0.0710 e. The van der Waals surface area contributed by atoms with Crippen LogP contribution in [0.5, 0.6) is 0 Å². The van der Waals surface area contributed by atoms with E-state index in [1.54, 1.807) is 0 Å². The summed E-state index contributed by atoms with van der Waals surface area (Å²) >= 11 is 0. The van der Waals surface area contributed by atoms with Gasteiger partial charge in [0.2, 0.25) is 0 Å². The molecule has 6 unspecified atom stereocenters. The molecule has 2 aromatic rings. The lowest BCUT2D eigenvalue weighted by Crippen LogP contribution is -2.39. The van der Waals surface area contributed by atoms with Crippen LogP contribution in [0, 0.1) is 11.8 Å². The highest BCUT2D eigenvalue weighted by molar-refractivity contribution is 5.27. The minimum absolute atomic E-state index is 0.0956. The van der Waals surface area contributed by atoms with E-state index in [9.17, 15) is 0 Å². The quantitative estimate of drug-likeness (QED) is 0.195. The van der Waals surface area contributed by atoms with Crippen LogP contribution < -0.4 is 0 Å². The average molecular weight is 475 g/mol.